The summed E-state index contributed by atoms with van der Waals surface area (Å²) in [5.74, 6) is -0.366. The fraction of sp³-hybridized carbons (Fsp3) is 0.667. The lowest BCUT2D eigenvalue weighted by Gasteiger charge is -2.51. The Kier molecular flexibility index (Phi) is 3.13. The van der Waals surface area contributed by atoms with Gasteiger partial charge in [0.15, 0.2) is 6.23 Å². The third-order valence-electron chi connectivity index (χ3n) is 2.98. The molecule has 0 aromatic rings. The summed E-state index contributed by atoms with van der Waals surface area (Å²) in [6.07, 6.45) is -0.479. The number of ether oxygens (including phenoxy) is 1. The maximum absolute atomic E-state index is 11.9. The molecule has 0 unspecified atom stereocenters. The fourth-order valence-electron chi connectivity index (χ4n) is 1.71. The SMILES string of the molecule is CC(=O)O[C@@H]1N(C(C)=C(C)C)C(=O)C1(C)C. The molecule has 4 heteroatoms. The molecule has 0 saturated carbocycles. The Morgan fingerprint density at radius 2 is 1.75 bits per heavy atom. The van der Waals surface area contributed by atoms with E-state index in [2.05, 4.69) is 0 Å². The maximum atomic E-state index is 11.9. The van der Waals surface area contributed by atoms with Gasteiger partial charge in [0.2, 0.25) is 5.91 Å². The van der Waals surface area contributed by atoms with Crippen LogP contribution in [0.15, 0.2) is 11.3 Å². The van der Waals surface area contributed by atoms with Crippen molar-refractivity contribution >= 4 is 11.9 Å². The van der Waals surface area contributed by atoms with Crippen molar-refractivity contribution in [3.8, 4) is 0 Å². The average molecular weight is 225 g/mol. The van der Waals surface area contributed by atoms with E-state index in [1.54, 1.807) is 18.7 Å². The highest BCUT2D eigenvalue weighted by Gasteiger charge is 2.57. The highest BCUT2D eigenvalue weighted by atomic mass is 16.6. The Morgan fingerprint density at radius 1 is 1.25 bits per heavy atom. The molecular weight excluding hydrogens is 206 g/mol. The molecule has 1 amide bonds. The highest BCUT2D eigenvalue weighted by Crippen LogP contribution is 2.42. The minimum absolute atomic E-state index is 0.00236. The summed E-state index contributed by atoms with van der Waals surface area (Å²) in [4.78, 5) is 24.5. The number of hydrogen-bond donors (Lipinski definition) is 0. The van der Waals surface area contributed by atoms with Gasteiger partial charge in [-0.15, -0.1) is 0 Å². The van der Waals surface area contributed by atoms with Crippen LogP contribution < -0.4 is 0 Å². The minimum Gasteiger partial charge on any atom is -0.440 e. The molecule has 0 N–H and O–H groups in total. The average Bonchev–Trinajstić information content (AvgIpc) is 2.16. The van der Waals surface area contributed by atoms with Crippen LogP contribution in [0.25, 0.3) is 0 Å². The van der Waals surface area contributed by atoms with Crippen molar-refractivity contribution in [1.82, 2.24) is 4.90 Å². The minimum atomic E-state index is -0.623. The molecule has 0 spiro atoms. The molecule has 1 aliphatic heterocycles. The summed E-state index contributed by atoms with van der Waals surface area (Å²) in [6, 6.07) is 0. The van der Waals surface area contributed by atoms with Crippen molar-refractivity contribution in [2.45, 2.75) is 47.8 Å². The Morgan fingerprint density at radius 3 is 2.12 bits per heavy atom. The summed E-state index contributed by atoms with van der Waals surface area (Å²) in [5, 5.41) is 0. The Labute approximate surface area is 96.3 Å². The third-order valence-corrected chi connectivity index (χ3v) is 2.98. The van der Waals surface area contributed by atoms with Gasteiger partial charge in [-0.25, -0.2) is 0 Å². The lowest BCUT2D eigenvalue weighted by Crippen LogP contribution is -2.66. The van der Waals surface area contributed by atoms with Crippen LogP contribution in [0.1, 0.15) is 41.5 Å². The molecular formula is C12H19NO3. The number of likely N-dealkylation sites (tertiary alicyclic amines) is 1. The van der Waals surface area contributed by atoms with E-state index in [-0.39, 0.29) is 11.9 Å². The zero-order valence-electron chi connectivity index (χ0n) is 10.7. The molecule has 0 radical (unpaired) electrons. The Balaban J connectivity index is 2.99. The molecule has 0 aromatic carbocycles. The monoisotopic (exact) mass is 225 g/mol. The number of nitrogens with zero attached hydrogens (tertiary/aromatic N) is 1. The van der Waals surface area contributed by atoms with E-state index >= 15 is 0 Å². The van der Waals surface area contributed by atoms with Gasteiger partial charge in [0, 0.05) is 12.6 Å². The van der Waals surface area contributed by atoms with Crippen molar-refractivity contribution in [2.75, 3.05) is 0 Å². The molecule has 1 aliphatic rings. The van der Waals surface area contributed by atoms with Gasteiger partial charge in [-0.1, -0.05) is 5.57 Å². The van der Waals surface area contributed by atoms with Crippen LogP contribution in [0.2, 0.25) is 0 Å². The van der Waals surface area contributed by atoms with E-state index in [4.69, 9.17) is 4.74 Å². The Bertz CT molecular complexity index is 364. The van der Waals surface area contributed by atoms with Crippen molar-refractivity contribution in [2.24, 2.45) is 5.41 Å². The van der Waals surface area contributed by atoms with E-state index in [1.165, 1.54) is 6.92 Å². The van der Waals surface area contributed by atoms with Gasteiger partial charge in [-0.2, -0.15) is 0 Å². The van der Waals surface area contributed by atoms with Crippen molar-refractivity contribution in [1.29, 1.82) is 0 Å². The number of esters is 1. The van der Waals surface area contributed by atoms with Crippen LogP contribution in [0.4, 0.5) is 0 Å². The highest BCUT2D eigenvalue weighted by molar-refractivity contribution is 5.91. The standard InChI is InChI=1S/C12H19NO3/c1-7(2)8(3)13-10(15)12(5,6)11(13)16-9(4)14/h11H,1-6H3/t11-/m0/s1. The van der Waals surface area contributed by atoms with Gasteiger partial charge < -0.3 is 4.74 Å². The van der Waals surface area contributed by atoms with Gasteiger partial charge in [0.25, 0.3) is 0 Å². The van der Waals surface area contributed by atoms with Gasteiger partial charge in [-0.3, -0.25) is 14.5 Å². The van der Waals surface area contributed by atoms with Gasteiger partial charge in [0.1, 0.15) is 5.41 Å². The normalized spacial score (nSPS) is 22.5. The van der Waals surface area contributed by atoms with Crippen LogP contribution in [-0.4, -0.2) is 23.0 Å². The molecule has 0 aromatic heterocycles. The van der Waals surface area contributed by atoms with Crippen molar-refractivity contribution in [3.05, 3.63) is 11.3 Å². The van der Waals surface area contributed by atoms with Gasteiger partial charge in [-0.05, 0) is 34.6 Å². The van der Waals surface area contributed by atoms with E-state index in [9.17, 15) is 9.59 Å². The number of β-lactam (4-membered cyclic amide) rings is 1. The quantitative estimate of drug-likeness (QED) is 0.534. The Hall–Kier alpha value is -1.32. The molecule has 1 heterocycles. The summed E-state index contributed by atoms with van der Waals surface area (Å²) in [5.41, 5.74) is 1.28. The number of hydrogen-bond acceptors (Lipinski definition) is 3. The molecule has 1 atom stereocenters. The number of carbonyl (C=O) groups is 2. The predicted molar refractivity (Wildman–Crippen MR) is 60.2 cm³/mol. The first-order valence-corrected chi connectivity index (χ1v) is 5.34. The summed E-state index contributed by atoms with van der Waals surface area (Å²) in [6.45, 7) is 10.7. The number of carbonyl (C=O) groups excluding carboxylic acids is 2. The molecule has 90 valence electrons. The van der Waals surface area contributed by atoms with E-state index < -0.39 is 11.6 Å². The number of rotatable bonds is 2. The van der Waals surface area contributed by atoms with E-state index in [0.29, 0.717) is 0 Å². The topological polar surface area (TPSA) is 46.6 Å². The van der Waals surface area contributed by atoms with Crippen molar-refractivity contribution in [3.63, 3.8) is 0 Å². The summed E-state index contributed by atoms with van der Waals surface area (Å²) in [7, 11) is 0. The van der Waals surface area contributed by atoms with Crippen molar-refractivity contribution < 1.29 is 14.3 Å². The van der Waals surface area contributed by atoms with Crippen LogP contribution in [0.5, 0.6) is 0 Å². The van der Waals surface area contributed by atoms with Crippen LogP contribution >= 0.6 is 0 Å². The number of amides is 1. The lowest BCUT2D eigenvalue weighted by atomic mass is 9.79. The summed E-state index contributed by atoms with van der Waals surface area (Å²) >= 11 is 0. The second kappa shape index (κ2) is 3.92. The molecule has 0 aliphatic carbocycles. The van der Waals surface area contributed by atoms with Crippen LogP contribution in [-0.2, 0) is 14.3 Å². The molecule has 16 heavy (non-hydrogen) atoms. The predicted octanol–water partition coefficient (Wildman–Crippen LogP) is 2.06. The smallest absolute Gasteiger partial charge is 0.304 e. The fourth-order valence-corrected chi connectivity index (χ4v) is 1.71. The lowest BCUT2D eigenvalue weighted by molar-refractivity contribution is -0.207. The summed E-state index contributed by atoms with van der Waals surface area (Å²) < 4.78 is 5.19. The first-order valence-electron chi connectivity index (χ1n) is 5.34. The zero-order valence-corrected chi connectivity index (χ0v) is 10.7. The third kappa shape index (κ3) is 1.84. The van der Waals surface area contributed by atoms with Gasteiger partial charge >= 0.3 is 5.97 Å². The molecule has 1 saturated heterocycles. The van der Waals surface area contributed by atoms with E-state index in [1.807, 2.05) is 20.8 Å². The molecule has 1 rings (SSSR count). The largest absolute Gasteiger partial charge is 0.440 e. The molecule has 0 bridgehead atoms. The molecule has 1 fully saturated rings. The first kappa shape index (κ1) is 12.7. The van der Waals surface area contributed by atoms with Crippen LogP contribution in [0.3, 0.4) is 0 Å². The van der Waals surface area contributed by atoms with Crippen LogP contribution in [0, 0.1) is 5.41 Å². The maximum Gasteiger partial charge on any atom is 0.304 e. The zero-order chi connectivity index (χ0) is 12.7. The first-order chi connectivity index (χ1) is 7.19. The molecule has 4 nitrogen and oxygen atoms in total. The second-order valence-electron chi connectivity index (χ2n) is 4.94. The second-order valence-corrected chi connectivity index (χ2v) is 4.94. The van der Waals surface area contributed by atoms with Gasteiger partial charge in [0.05, 0.1) is 0 Å². The van der Waals surface area contributed by atoms with E-state index in [0.717, 1.165) is 11.3 Å². The number of allylic oxidation sites excluding steroid dienone is 2.